The van der Waals surface area contributed by atoms with Crippen molar-refractivity contribution < 1.29 is 19.5 Å². The third-order valence-electron chi connectivity index (χ3n) is 8.85. The Morgan fingerprint density at radius 2 is 1.68 bits per heavy atom. The van der Waals surface area contributed by atoms with Gasteiger partial charge in [-0.1, -0.05) is 66.8 Å². The smallest absolute Gasteiger partial charge is 0.251 e. The van der Waals surface area contributed by atoms with E-state index in [1.165, 1.54) is 4.90 Å². The highest BCUT2D eigenvalue weighted by molar-refractivity contribution is 8.02. The summed E-state index contributed by atoms with van der Waals surface area (Å²) in [5, 5.41) is 9.97. The number of carbonyl (C=O) groups excluding carboxylic acids is 3. The lowest BCUT2D eigenvalue weighted by Gasteiger charge is -2.37. The second-order valence-electron chi connectivity index (χ2n) is 11.5. The van der Waals surface area contributed by atoms with Crippen molar-refractivity contribution in [2.75, 3.05) is 31.1 Å². The lowest BCUT2D eigenvalue weighted by molar-refractivity contribution is -0.144. The Morgan fingerprint density at radius 3 is 2.42 bits per heavy atom. The van der Waals surface area contributed by atoms with Crippen LogP contribution in [0.15, 0.2) is 72.8 Å². The Morgan fingerprint density at radius 1 is 0.925 bits per heavy atom. The van der Waals surface area contributed by atoms with Crippen LogP contribution in [0.25, 0.3) is 0 Å². The number of rotatable bonds is 5. The summed E-state index contributed by atoms with van der Waals surface area (Å²) in [6, 6.07) is 15.1. The zero-order valence-corrected chi connectivity index (χ0v) is 23.9. The molecule has 4 aliphatic heterocycles. The predicted octanol–water partition coefficient (Wildman–Crippen LogP) is 3.48. The van der Waals surface area contributed by atoms with Crippen molar-refractivity contribution in [3.05, 3.63) is 89.5 Å². The molecule has 0 bridgehead atoms. The molecule has 1 N–H and O–H groups in total. The normalized spacial score (nSPS) is 31.2. The first-order chi connectivity index (χ1) is 19.2. The van der Waals surface area contributed by atoms with Crippen LogP contribution in [-0.2, 0) is 20.9 Å². The van der Waals surface area contributed by atoms with Crippen molar-refractivity contribution in [1.82, 2.24) is 9.80 Å². The van der Waals surface area contributed by atoms with Crippen LogP contribution in [0.1, 0.15) is 23.6 Å². The van der Waals surface area contributed by atoms with E-state index in [9.17, 15) is 19.5 Å². The highest BCUT2D eigenvalue weighted by atomic mass is 32.2. The number of fused-ring (bicyclic) bond motifs is 2. The number of aliphatic hydroxyl groups is 1. The molecule has 6 rings (SSSR count). The molecule has 2 aromatic carbocycles. The number of benzene rings is 2. The SMILES string of the molecule is Cc1ccc(C)c(N2CC=C[C@]34S[C@]5(C)C=CCN(Cc6ccccc6)C(=O)[C@@H]5[C@H]3C(=O)N(CCO)C4C2=O)c1. The highest BCUT2D eigenvalue weighted by Gasteiger charge is 2.73. The van der Waals surface area contributed by atoms with Gasteiger partial charge in [0, 0.05) is 36.6 Å². The molecule has 2 saturated heterocycles. The highest BCUT2D eigenvalue weighted by Crippen LogP contribution is 2.65. The number of hydrogen-bond acceptors (Lipinski definition) is 5. The molecular weight excluding hydrogens is 522 g/mol. The molecule has 0 aliphatic carbocycles. The van der Waals surface area contributed by atoms with Crippen LogP contribution in [0.4, 0.5) is 5.69 Å². The van der Waals surface area contributed by atoms with Crippen LogP contribution >= 0.6 is 11.8 Å². The summed E-state index contributed by atoms with van der Waals surface area (Å²) in [4.78, 5) is 48.2. The standard InChI is InChI=1S/C32H35N3O4S/c1-21-11-12-22(2)24(19-21)34-16-8-14-32-26(29(38)35(17-18-36)27(32)30(34)39)25-28(37)33(15-7-13-31(25,3)40-32)20-23-9-5-4-6-10-23/h4-14,19,25-27,36H,15-18,20H2,1-3H3/t25-,26-,27?,31+,32-/m0/s1. The Balaban J connectivity index is 1.44. The zero-order valence-electron chi connectivity index (χ0n) is 23.1. The van der Waals surface area contributed by atoms with E-state index in [1.54, 1.807) is 16.7 Å². The monoisotopic (exact) mass is 557 g/mol. The third-order valence-corrected chi connectivity index (χ3v) is 10.6. The van der Waals surface area contributed by atoms with Crippen LogP contribution in [0.2, 0.25) is 0 Å². The minimum atomic E-state index is -0.926. The van der Waals surface area contributed by atoms with E-state index in [-0.39, 0.29) is 30.9 Å². The van der Waals surface area contributed by atoms with Crippen LogP contribution in [0.5, 0.6) is 0 Å². The van der Waals surface area contributed by atoms with Crippen molar-refractivity contribution >= 4 is 35.2 Å². The van der Waals surface area contributed by atoms with Crippen molar-refractivity contribution in [2.45, 2.75) is 42.9 Å². The Kier molecular flexibility index (Phi) is 6.66. The van der Waals surface area contributed by atoms with E-state index in [4.69, 9.17) is 0 Å². The number of carbonyl (C=O) groups is 3. The molecule has 3 amide bonds. The van der Waals surface area contributed by atoms with Crippen LogP contribution in [0, 0.1) is 25.7 Å². The largest absolute Gasteiger partial charge is 0.395 e. The second-order valence-corrected chi connectivity index (χ2v) is 13.3. The zero-order chi connectivity index (χ0) is 28.2. The molecule has 4 heterocycles. The van der Waals surface area contributed by atoms with Gasteiger partial charge >= 0.3 is 0 Å². The number of amides is 3. The molecule has 7 nitrogen and oxygen atoms in total. The first kappa shape index (κ1) is 26.8. The molecule has 8 heteroatoms. The van der Waals surface area contributed by atoms with Crippen molar-refractivity contribution in [2.24, 2.45) is 11.8 Å². The molecular formula is C32H35N3O4S. The molecule has 0 saturated carbocycles. The lowest BCUT2D eigenvalue weighted by atomic mass is 9.74. The van der Waals surface area contributed by atoms with Crippen molar-refractivity contribution in [3.63, 3.8) is 0 Å². The molecule has 4 aliphatic rings. The maximum Gasteiger partial charge on any atom is 0.251 e. The van der Waals surface area contributed by atoms with E-state index in [0.717, 1.165) is 22.4 Å². The first-order valence-electron chi connectivity index (χ1n) is 13.9. The number of β-amino-alcohol motifs (C(OH)–C–C–N with tert-alkyl or cyclic N) is 1. The molecule has 0 radical (unpaired) electrons. The maximum atomic E-state index is 14.5. The summed E-state index contributed by atoms with van der Waals surface area (Å²) in [5.41, 5.74) is 3.87. The van der Waals surface area contributed by atoms with E-state index in [0.29, 0.717) is 19.6 Å². The first-order valence-corrected chi connectivity index (χ1v) is 14.7. The number of likely N-dealkylation sites (tertiary alicyclic amines) is 1. The van der Waals surface area contributed by atoms with E-state index in [1.807, 2.05) is 92.4 Å². The number of hydrogen-bond donors (Lipinski definition) is 1. The Hall–Kier alpha value is -3.36. The average Bonchev–Trinajstić information content (AvgIpc) is 3.19. The van der Waals surface area contributed by atoms with Gasteiger partial charge in [-0.15, -0.1) is 11.8 Å². The molecule has 208 valence electrons. The molecule has 40 heavy (non-hydrogen) atoms. The third kappa shape index (κ3) is 4.03. The average molecular weight is 558 g/mol. The summed E-state index contributed by atoms with van der Waals surface area (Å²) in [5.74, 6) is -1.83. The lowest BCUT2D eigenvalue weighted by Crippen LogP contribution is -2.54. The maximum absolute atomic E-state index is 14.5. The van der Waals surface area contributed by atoms with Crippen LogP contribution < -0.4 is 4.90 Å². The van der Waals surface area contributed by atoms with Gasteiger partial charge in [0.25, 0.3) is 5.91 Å². The fourth-order valence-electron chi connectivity index (χ4n) is 7.09. The summed E-state index contributed by atoms with van der Waals surface area (Å²) in [7, 11) is 0. The number of aryl methyl sites for hydroxylation is 2. The van der Waals surface area contributed by atoms with Crippen LogP contribution in [0.3, 0.4) is 0 Å². The Bertz CT molecular complexity index is 1420. The van der Waals surface area contributed by atoms with Gasteiger partial charge in [0.1, 0.15) is 6.04 Å². The molecule has 2 fully saturated rings. The van der Waals surface area contributed by atoms with Crippen LogP contribution in [-0.4, -0.2) is 74.4 Å². The number of thioether (sulfide) groups is 1. The van der Waals surface area contributed by atoms with Gasteiger partial charge in [-0.25, -0.2) is 0 Å². The number of nitrogens with zero attached hydrogens (tertiary/aromatic N) is 3. The van der Waals surface area contributed by atoms with Gasteiger partial charge in [0.05, 0.1) is 23.2 Å². The van der Waals surface area contributed by atoms with E-state index >= 15 is 0 Å². The molecule has 2 aromatic rings. The summed E-state index contributed by atoms with van der Waals surface area (Å²) in [6.07, 6.45) is 8.11. The Labute approximate surface area is 239 Å². The van der Waals surface area contributed by atoms with Crippen molar-refractivity contribution in [1.29, 1.82) is 0 Å². The quantitative estimate of drug-likeness (QED) is 0.570. The van der Waals surface area contributed by atoms with Gasteiger partial charge < -0.3 is 19.8 Å². The van der Waals surface area contributed by atoms with Gasteiger partial charge in [-0.2, -0.15) is 0 Å². The number of anilines is 1. The molecule has 5 atom stereocenters. The molecule has 1 spiro atoms. The minimum Gasteiger partial charge on any atom is -0.395 e. The fraction of sp³-hybridized carbons (Fsp3) is 0.406. The van der Waals surface area contributed by atoms with Crippen molar-refractivity contribution in [3.8, 4) is 0 Å². The minimum absolute atomic E-state index is 0.0454. The van der Waals surface area contributed by atoms with Gasteiger partial charge in [-0.05, 0) is 43.5 Å². The second kappa shape index (κ2) is 9.93. The van der Waals surface area contributed by atoms with Gasteiger partial charge in [-0.3, -0.25) is 14.4 Å². The fourth-order valence-corrected chi connectivity index (χ4v) is 9.25. The summed E-state index contributed by atoms with van der Waals surface area (Å²) >= 11 is 1.57. The van der Waals surface area contributed by atoms with Gasteiger partial charge in [0.15, 0.2) is 0 Å². The molecule has 0 aromatic heterocycles. The predicted molar refractivity (Wildman–Crippen MR) is 157 cm³/mol. The van der Waals surface area contributed by atoms with E-state index < -0.39 is 27.4 Å². The summed E-state index contributed by atoms with van der Waals surface area (Å²) in [6.45, 7) is 7.09. The number of aliphatic hydroxyl groups excluding tert-OH is 1. The van der Waals surface area contributed by atoms with Gasteiger partial charge in [0.2, 0.25) is 11.8 Å². The topological polar surface area (TPSA) is 81.2 Å². The summed E-state index contributed by atoms with van der Waals surface area (Å²) < 4.78 is -1.59. The molecule has 1 unspecified atom stereocenters. The van der Waals surface area contributed by atoms with E-state index in [2.05, 4.69) is 6.08 Å².